The van der Waals surface area contributed by atoms with Crippen molar-refractivity contribution in [3.63, 3.8) is 0 Å². The fourth-order valence-electron chi connectivity index (χ4n) is 0.928. The second-order valence-electron chi connectivity index (χ2n) is 2.65. The van der Waals surface area contributed by atoms with Gasteiger partial charge >= 0.3 is 77.0 Å². The summed E-state index contributed by atoms with van der Waals surface area (Å²) in [5.41, 5.74) is -2.56. The third-order valence-corrected chi connectivity index (χ3v) is 1.54. The minimum atomic E-state index is -2.56. The van der Waals surface area contributed by atoms with Crippen LogP contribution in [0.25, 0.3) is 0 Å². The molecule has 0 heterocycles. The predicted molar refractivity (Wildman–Crippen MR) is 44.2 cm³/mol. The summed E-state index contributed by atoms with van der Waals surface area (Å²) in [4.78, 5) is 41.3. The van der Waals surface area contributed by atoms with Gasteiger partial charge in [0.05, 0.1) is 12.8 Å². The molecule has 0 aromatic rings. The van der Waals surface area contributed by atoms with Gasteiger partial charge in [-0.15, -0.1) is 0 Å². The number of rotatable bonds is 7. The fraction of sp³-hybridized carbons (Fsp3) is 0.429. The third kappa shape index (κ3) is 7.74. The Kier molecular flexibility index (Phi) is 12.8. The van der Waals surface area contributed by atoms with E-state index >= 15 is 0 Å². The molecule has 0 aliphatic heterocycles. The Balaban J connectivity index is -0.000000163. The first kappa shape index (κ1) is 22.1. The van der Waals surface area contributed by atoms with Crippen LogP contribution < -0.4 is 59.1 Å². The molecule has 0 unspecified atom stereocenters. The minimum Gasteiger partial charge on any atom is -1.00 e. The van der Waals surface area contributed by atoms with Gasteiger partial charge < -0.3 is 22.9 Å². The molecule has 8 nitrogen and oxygen atoms in total. The largest absolute Gasteiger partial charge is 1.00 e. The molecular formula is C7H10Na2O8. The van der Waals surface area contributed by atoms with Gasteiger partial charge in [0.15, 0.2) is 0 Å². The van der Waals surface area contributed by atoms with Crippen molar-refractivity contribution in [3.05, 3.63) is 0 Å². The summed E-state index contributed by atoms with van der Waals surface area (Å²) in [6.45, 7) is -0.292. The van der Waals surface area contributed by atoms with Crippen molar-refractivity contribution in [2.75, 3.05) is 0 Å². The Morgan fingerprint density at radius 3 is 1.59 bits per heavy atom. The molecule has 0 amide bonds. The monoisotopic (exact) mass is 268 g/mol. The predicted octanol–water partition coefficient (Wildman–Crippen LogP) is -6.83. The van der Waals surface area contributed by atoms with E-state index in [0.29, 0.717) is 0 Å². The second kappa shape index (κ2) is 9.86. The Morgan fingerprint density at radius 1 is 1.06 bits per heavy atom. The molecule has 0 radical (unpaired) electrons. The molecule has 0 fully saturated rings. The molecule has 17 heavy (non-hydrogen) atoms. The molecule has 3 N–H and O–H groups in total. The number of carboxylic acid groups (broad SMARTS) is 3. The first-order chi connectivity index (χ1) is 6.84. The Bertz CT molecular complexity index is 295. The Morgan fingerprint density at radius 2 is 1.41 bits per heavy atom. The van der Waals surface area contributed by atoms with Crippen LogP contribution >= 0.6 is 0 Å². The fourth-order valence-corrected chi connectivity index (χ4v) is 0.928. The van der Waals surface area contributed by atoms with Crippen molar-refractivity contribution in [3.8, 4) is 0 Å². The zero-order valence-corrected chi connectivity index (χ0v) is 13.4. The van der Waals surface area contributed by atoms with Crippen LogP contribution in [-0.2, 0) is 23.9 Å². The molecule has 10 heteroatoms. The van der Waals surface area contributed by atoms with Crippen molar-refractivity contribution in [2.24, 2.45) is 0 Å². The van der Waals surface area contributed by atoms with Crippen molar-refractivity contribution in [2.45, 2.75) is 18.4 Å². The quantitative estimate of drug-likeness (QED) is 0.306. The van der Waals surface area contributed by atoms with Crippen molar-refractivity contribution in [1.29, 1.82) is 0 Å². The molecule has 0 saturated carbocycles. The van der Waals surface area contributed by atoms with Crippen molar-refractivity contribution in [1.82, 2.24) is 0 Å². The molecule has 0 aliphatic carbocycles. The smallest absolute Gasteiger partial charge is 1.00 e. The van der Waals surface area contributed by atoms with E-state index in [1.807, 2.05) is 0 Å². The van der Waals surface area contributed by atoms with Gasteiger partial charge in [-0.25, -0.2) is 4.79 Å². The van der Waals surface area contributed by atoms with Gasteiger partial charge in [-0.1, -0.05) is 0 Å². The maximum Gasteiger partial charge on any atom is 1.00 e. The van der Waals surface area contributed by atoms with Crippen LogP contribution in [0.3, 0.4) is 0 Å². The number of aliphatic carboxylic acids is 3. The topological polar surface area (TPSA) is 138 Å². The van der Waals surface area contributed by atoms with Gasteiger partial charge in [0.1, 0.15) is 0 Å². The Labute approximate surface area is 143 Å². The molecular weight excluding hydrogens is 258 g/mol. The molecule has 0 atom stereocenters. The van der Waals surface area contributed by atoms with Gasteiger partial charge in [-0.2, -0.15) is 0 Å². The van der Waals surface area contributed by atoms with Crippen LogP contribution in [0, 0.1) is 0 Å². The van der Waals surface area contributed by atoms with Crippen LogP contribution in [0.15, 0.2) is 0 Å². The number of carbonyl (C=O) groups is 4. The number of carboxylic acids is 3. The van der Waals surface area contributed by atoms with E-state index in [0.717, 1.165) is 0 Å². The van der Waals surface area contributed by atoms with E-state index in [1.165, 1.54) is 0 Å². The average Bonchev–Trinajstić information content (AvgIpc) is 2.01. The molecule has 0 rings (SSSR count). The SMILES string of the molecule is O=COC(CC(=O)O)(CC(=O)O)C(=O)O.[H-].[H-].[Na+].[Na+]. The summed E-state index contributed by atoms with van der Waals surface area (Å²) >= 11 is 0. The second-order valence-corrected chi connectivity index (χ2v) is 2.65. The molecule has 0 aromatic heterocycles. The van der Waals surface area contributed by atoms with Crippen LogP contribution in [-0.4, -0.2) is 45.3 Å². The molecule has 0 aliphatic rings. The molecule has 0 saturated heterocycles. The maximum absolute atomic E-state index is 10.7. The zero-order chi connectivity index (χ0) is 12.1. The number of carbonyl (C=O) groups excluding carboxylic acids is 1. The summed E-state index contributed by atoms with van der Waals surface area (Å²) in [6.07, 6.45) is -2.24. The molecule has 0 aromatic carbocycles. The van der Waals surface area contributed by atoms with E-state index in [4.69, 9.17) is 15.3 Å². The van der Waals surface area contributed by atoms with Crippen molar-refractivity contribution >= 4 is 24.4 Å². The third-order valence-electron chi connectivity index (χ3n) is 1.54. The average molecular weight is 268 g/mol. The van der Waals surface area contributed by atoms with Crippen LogP contribution in [0.5, 0.6) is 0 Å². The molecule has 0 spiro atoms. The van der Waals surface area contributed by atoms with Crippen LogP contribution in [0.2, 0.25) is 0 Å². The van der Waals surface area contributed by atoms with Gasteiger partial charge in [-0.3, -0.25) is 14.4 Å². The van der Waals surface area contributed by atoms with E-state index in [9.17, 15) is 19.2 Å². The van der Waals surface area contributed by atoms with E-state index in [2.05, 4.69) is 4.74 Å². The maximum atomic E-state index is 10.7. The summed E-state index contributed by atoms with van der Waals surface area (Å²) in [5, 5.41) is 25.4. The standard InChI is InChI=1S/C7H8O8.2Na.2H/c8-3-15-7(6(13)14,1-4(9)10)2-5(11)12;;;;/h3H,1-2H2,(H,9,10)(H,11,12)(H,13,14);;;;/q;2*+1;2*-1. The summed E-state index contributed by atoms with van der Waals surface area (Å²) in [5.74, 6) is -4.99. The van der Waals surface area contributed by atoms with Gasteiger partial charge in [0.2, 0.25) is 5.60 Å². The number of ether oxygens (including phenoxy) is 1. The number of hydrogen-bond donors (Lipinski definition) is 3. The summed E-state index contributed by atoms with van der Waals surface area (Å²) < 4.78 is 4.07. The van der Waals surface area contributed by atoms with E-state index < -0.39 is 36.4 Å². The summed E-state index contributed by atoms with van der Waals surface area (Å²) in [6, 6.07) is 0. The first-order valence-corrected chi connectivity index (χ1v) is 3.62. The Hall–Kier alpha value is -0.120. The molecule has 0 bridgehead atoms. The van der Waals surface area contributed by atoms with Gasteiger partial charge in [0, 0.05) is 0 Å². The van der Waals surface area contributed by atoms with Crippen LogP contribution in [0.4, 0.5) is 0 Å². The number of hydrogen-bond acceptors (Lipinski definition) is 5. The van der Waals surface area contributed by atoms with Crippen molar-refractivity contribution < 1.29 is 101 Å². The molecule has 88 valence electrons. The zero-order valence-electron chi connectivity index (χ0n) is 11.4. The summed E-state index contributed by atoms with van der Waals surface area (Å²) in [7, 11) is 0. The minimum absolute atomic E-state index is 0. The van der Waals surface area contributed by atoms with Crippen LogP contribution in [0.1, 0.15) is 15.7 Å². The van der Waals surface area contributed by atoms with Gasteiger partial charge in [0.25, 0.3) is 6.47 Å². The van der Waals surface area contributed by atoms with E-state index in [-0.39, 0.29) is 68.4 Å². The normalized spacial score (nSPS) is 9.18. The first-order valence-electron chi connectivity index (χ1n) is 3.62. The van der Waals surface area contributed by atoms with Gasteiger partial charge in [-0.05, 0) is 0 Å². The van der Waals surface area contributed by atoms with E-state index in [1.54, 1.807) is 0 Å².